The largest absolute Gasteiger partial charge is 0.444 e. The number of aromatic amines is 1. The third-order valence-corrected chi connectivity index (χ3v) is 1.89. The van der Waals surface area contributed by atoms with Crippen molar-refractivity contribution in [3.05, 3.63) is 11.8 Å². The minimum atomic E-state index is -0.536. The average molecular weight is 250 g/mol. The highest BCUT2D eigenvalue weighted by Crippen LogP contribution is 2.13. The maximum absolute atomic E-state index is 11.6. The lowest BCUT2D eigenvalue weighted by atomic mass is 10.2. The Morgan fingerprint density at radius 1 is 1.61 bits per heavy atom. The lowest BCUT2D eigenvalue weighted by Gasteiger charge is -2.19. The number of hydrogen-bond donors (Lipinski definition) is 3. The van der Waals surface area contributed by atoms with Gasteiger partial charge in [0.15, 0.2) is 0 Å². The predicted octanol–water partition coefficient (Wildman–Crippen LogP) is 1.48. The molecule has 1 amide bonds. The van der Waals surface area contributed by atoms with Gasteiger partial charge in [-0.15, -0.1) is 6.42 Å². The summed E-state index contributed by atoms with van der Waals surface area (Å²) in [5.41, 5.74) is 0.280. The van der Waals surface area contributed by atoms with Gasteiger partial charge < -0.3 is 10.1 Å². The number of ether oxygens (including phenoxy) is 1. The van der Waals surface area contributed by atoms with Crippen LogP contribution in [0, 0.1) is 12.3 Å². The van der Waals surface area contributed by atoms with Crippen LogP contribution in [0.25, 0.3) is 0 Å². The molecule has 0 saturated heterocycles. The summed E-state index contributed by atoms with van der Waals surface area (Å²) < 4.78 is 5.14. The van der Waals surface area contributed by atoms with Crippen molar-refractivity contribution in [1.82, 2.24) is 15.5 Å². The summed E-state index contributed by atoms with van der Waals surface area (Å²) in [7, 11) is 0. The summed E-state index contributed by atoms with van der Waals surface area (Å²) in [4.78, 5) is 11.6. The first kappa shape index (κ1) is 14.1. The second kappa shape index (κ2) is 6.07. The van der Waals surface area contributed by atoms with E-state index in [4.69, 9.17) is 11.2 Å². The average Bonchev–Trinajstić information content (AvgIpc) is 2.63. The molecule has 18 heavy (non-hydrogen) atoms. The molecule has 0 fully saturated rings. The standard InChI is InChI=1S/C12H18N4O2/c1-5-6-13-7-9-8-14-16-10(9)15-11(17)18-12(2,3)4/h1,8,13H,6-7H2,2-4H3,(H2,14,15,16,17). The molecule has 1 aromatic heterocycles. The molecule has 6 nitrogen and oxygen atoms in total. The number of hydrogen-bond acceptors (Lipinski definition) is 4. The van der Waals surface area contributed by atoms with Crippen LogP contribution in [0.5, 0.6) is 0 Å². The Labute approximate surface area is 106 Å². The number of nitrogens with zero attached hydrogens (tertiary/aromatic N) is 1. The molecule has 0 saturated carbocycles. The van der Waals surface area contributed by atoms with Crippen molar-refractivity contribution in [1.29, 1.82) is 0 Å². The smallest absolute Gasteiger partial charge is 0.413 e. The Balaban J connectivity index is 2.55. The van der Waals surface area contributed by atoms with E-state index in [1.807, 2.05) is 0 Å². The minimum absolute atomic E-state index is 0.455. The SMILES string of the molecule is C#CCNCc1cn[nH]c1NC(=O)OC(C)(C)C. The summed E-state index contributed by atoms with van der Waals surface area (Å²) >= 11 is 0. The van der Waals surface area contributed by atoms with Crippen molar-refractivity contribution in [2.45, 2.75) is 32.9 Å². The Hall–Kier alpha value is -2.00. The van der Waals surface area contributed by atoms with Gasteiger partial charge in [0.05, 0.1) is 12.7 Å². The molecule has 0 radical (unpaired) electrons. The number of rotatable bonds is 4. The Kier molecular flexibility index (Phi) is 4.75. The van der Waals surface area contributed by atoms with Gasteiger partial charge in [0, 0.05) is 12.1 Å². The summed E-state index contributed by atoms with van der Waals surface area (Å²) in [5.74, 6) is 2.98. The molecule has 1 heterocycles. The van der Waals surface area contributed by atoms with Gasteiger partial charge in [-0.05, 0) is 20.8 Å². The molecule has 0 aromatic carbocycles. The van der Waals surface area contributed by atoms with Crippen LogP contribution < -0.4 is 10.6 Å². The third kappa shape index (κ3) is 4.89. The van der Waals surface area contributed by atoms with E-state index in [0.29, 0.717) is 18.9 Å². The zero-order valence-corrected chi connectivity index (χ0v) is 10.8. The Bertz CT molecular complexity index is 440. The lowest BCUT2D eigenvalue weighted by Crippen LogP contribution is -2.27. The van der Waals surface area contributed by atoms with E-state index in [0.717, 1.165) is 5.56 Å². The fraction of sp³-hybridized carbons (Fsp3) is 0.500. The summed E-state index contributed by atoms with van der Waals surface area (Å²) in [5, 5.41) is 12.2. The molecule has 98 valence electrons. The van der Waals surface area contributed by atoms with Crippen molar-refractivity contribution >= 4 is 11.9 Å². The van der Waals surface area contributed by atoms with Crippen LogP contribution >= 0.6 is 0 Å². The first-order chi connectivity index (χ1) is 8.42. The van der Waals surface area contributed by atoms with Crippen LogP contribution in [-0.2, 0) is 11.3 Å². The molecule has 0 aliphatic rings. The maximum atomic E-state index is 11.6. The molecular weight excluding hydrogens is 232 g/mol. The van der Waals surface area contributed by atoms with Gasteiger partial charge in [-0.1, -0.05) is 5.92 Å². The third-order valence-electron chi connectivity index (χ3n) is 1.89. The van der Waals surface area contributed by atoms with Crippen LogP contribution in [0.15, 0.2) is 6.20 Å². The second-order valence-electron chi connectivity index (χ2n) is 4.70. The summed E-state index contributed by atoms with van der Waals surface area (Å²) in [6.07, 6.45) is 6.23. The van der Waals surface area contributed by atoms with E-state index < -0.39 is 11.7 Å². The number of H-pyrrole nitrogens is 1. The lowest BCUT2D eigenvalue weighted by molar-refractivity contribution is 0.0635. The van der Waals surface area contributed by atoms with Gasteiger partial charge in [0.25, 0.3) is 0 Å². The zero-order valence-electron chi connectivity index (χ0n) is 10.8. The molecule has 1 rings (SSSR count). The maximum Gasteiger partial charge on any atom is 0.413 e. The van der Waals surface area contributed by atoms with Crippen molar-refractivity contribution in [2.24, 2.45) is 0 Å². The first-order valence-electron chi connectivity index (χ1n) is 5.59. The molecule has 1 aromatic rings. The fourth-order valence-corrected chi connectivity index (χ4v) is 1.23. The highest BCUT2D eigenvalue weighted by molar-refractivity contribution is 5.84. The molecule has 0 aliphatic carbocycles. The second-order valence-corrected chi connectivity index (χ2v) is 4.70. The van der Waals surface area contributed by atoms with E-state index in [1.165, 1.54) is 0 Å². The molecule has 3 N–H and O–H groups in total. The van der Waals surface area contributed by atoms with Gasteiger partial charge in [0.1, 0.15) is 11.4 Å². The number of nitrogens with one attached hydrogen (secondary N) is 3. The van der Waals surface area contributed by atoms with Crippen molar-refractivity contribution in [3.8, 4) is 12.3 Å². The van der Waals surface area contributed by atoms with E-state index in [-0.39, 0.29) is 0 Å². The monoisotopic (exact) mass is 250 g/mol. The minimum Gasteiger partial charge on any atom is -0.444 e. The predicted molar refractivity (Wildman–Crippen MR) is 69.0 cm³/mol. The Morgan fingerprint density at radius 2 is 2.33 bits per heavy atom. The molecule has 0 bridgehead atoms. The molecule has 6 heteroatoms. The van der Waals surface area contributed by atoms with Crippen molar-refractivity contribution in [3.63, 3.8) is 0 Å². The van der Waals surface area contributed by atoms with Gasteiger partial charge in [-0.2, -0.15) is 5.10 Å². The van der Waals surface area contributed by atoms with Crippen LogP contribution in [0.3, 0.4) is 0 Å². The number of amides is 1. The highest BCUT2D eigenvalue weighted by Gasteiger charge is 2.17. The highest BCUT2D eigenvalue weighted by atomic mass is 16.6. The van der Waals surface area contributed by atoms with Gasteiger partial charge in [-0.3, -0.25) is 10.4 Å². The molecular formula is C12H18N4O2. The number of carbonyl (C=O) groups excluding carboxylic acids is 1. The van der Waals surface area contributed by atoms with Crippen molar-refractivity contribution in [2.75, 3.05) is 11.9 Å². The topological polar surface area (TPSA) is 79.0 Å². The molecule has 0 unspecified atom stereocenters. The molecule has 0 aliphatic heterocycles. The van der Waals surface area contributed by atoms with E-state index >= 15 is 0 Å². The van der Waals surface area contributed by atoms with Crippen LogP contribution in [0.1, 0.15) is 26.3 Å². The zero-order chi connectivity index (χ0) is 13.6. The quantitative estimate of drug-likeness (QED) is 0.558. The number of carbonyl (C=O) groups is 1. The van der Waals surface area contributed by atoms with Crippen LogP contribution in [-0.4, -0.2) is 28.4 Å². The molecule has 0 spiro atoms. The Morgan fingerprint density at radius 3 is 2.94 bits per heavy atom. The van der Waals surface area contributed by atoms with E-state index in [9.17, 15) is 4.79 Å². The molecule has 0 atom stereocenters. The summed E-state index contributed by atoms with van der Waals surface area (Å²) in [6, 6.07) is 0. The number of aromatic nitrogens is 2. The van der Waals surface area contributed by atoms with Crippen molar-refractivity contribution < 1.29 is 9.53 Å². The van der Waals surface area contributed by atoms with Gasteiger partial charge in [0.2, 0.25) is 0 Å². The first-order valence-corrected chi connectivity index (χ1v) is 5.59. The fourth-order valence-electron chi connectivity index (χ4n) is 1.23. The van der Waals surface area contributed by atoms with E-state index in [1.54, 1.807) is 27.0 Å². The van der Waals surface area contributed by atoms with E-state index in [2.05, 4.69) is 26.8 Å². The van der Waals surface area contributed by atoms with Gasteiger partial charge in [-0.25, -0.2) is 4.79 Å². The normalized spacial score (nSPS) is 10.8. The summed E-state index contributed by atoms with van der Waals surface area (Å²) in [6.45, 7) is 6.38. The van der Waals surface area contributed by atoms with Crippen LogP contribution in [0.2, 0.25) is 0 Å². The van der Waals surface area contributed by atoms with Crippen LogP contribution in [0.4, 0.5) is 10.6 Å². The number of anilines is 1. The van der Waals surface area contributed by atoms with Gasteiger partial charge >= 0.3 is 6.09 Å². The number of terminal acetylenes is 1.